The maximum Gasteiger partial charge on any atom is 0.306 e. The van der Waals surface area contributed by atoms with E-state index in [2.05, 4.69) is 4.98 Å². The van der Waals surface area contributed by atoms with E-state index in [4.69, 9.17) is 10.8 Å². The van der Waals surface area contributed by atoms with Gasteiger partial charge in [0.15, 0.2) is 0 Å². The fraction of sp³-hybridized carbons (Fsp3) is 0.545. The third kappa shape index (κ3) is 2.37. The summed E-state index contributed by atoms with van der Waals surface area (Å²) in [5.74, 6) is -1.32. The predicted molar refractivity (Wildman–Crippen MR) is 66.2 cm³/mol. The lowest BCUT2D eigenvalue weighted by Crippen LogP contribution is -2.53. The molecule has 0 bridgehead atoms. The van der Waals surface area contributed by atoms with Gasteiger partial charge in [0.1, 0.15) is 10.7 Å². The monoisotopic (exact) mass is 269 g/mol. The van der Waals surface area contributed by atoms with Gasteiger partial charge in [0.05, 0.1) is 5.92 Å². The second-order valence-electron chi connectivity index (χ2n) is 4.43. The molecule has 2 heterocycles. The van der Waals surface area contributed by atoms with Crippen LogP contribution in [0, 0.1) is 11.8 Å². The number of carboxylic acid groups (broad SMARTS) is 1. The lowest BCUT2D eigenvalue weighted by Gasteiger charge is -2.40. The molecule has 98 valence electrons. The molecule has 1 aliphatic rings. The minimum absolute atomic E-state index is 0.0408. The Morgan fingerprint density at radius 2 is 2.33 bits per heavy atom. The number of thiazole rings is 1. The maximum atomic E-state index is 12.0. The highest BCUT2D eigenvalue weighted by Gasteiger charge is 2.37. The molecule has 1 fully saturated rings. The van der Waals surface area contributed by atoms with Gasteiger partial charge in [-0.2, -0.15) is 0 Å². The van der Waals surface area contributed by atoms with Gasteiger partial charge in [-0.15, -0.1) is 11.3 Å². The molecule has 0 saturated carbocycles. The van der Waals surface area contributed by atoms with Crippen molar-refractivity contribution >= 4 is 23.2 Å². The Balaban J connectivity index is 1.92. The van der Waals surface area contributed by atoms with Gasteiger partial charge in [0, 0.05) is 30.9 Å². The third-order valence-electron chi connectivity index (χ3n) is 3.24. The molecule has 1 aromatic heterocycles. The Morgan fingerprint density at radius 3 is 2.83 bits per heavy atom. The molecular formula is C11H15N3O3S. The lowest BCUT2D eigenvalue weighted by molar-refractivity contribution is -0.144. The first kappa shape index (κ1) is 13.0. The SMILES string of the molecule is CC(C(=O)O)C1CN(C(=O)c2csc(CN)n2)C1. The number of hydrogen-bond donors (Lipinski definition) is 2. The molecule has 3 N–H and O–H groups in total. The van der Waals surface area contributed by atoms with Crippen LogP contribution in [0.25, 0.3) is 0 Å². The van der Waals surface area contributed by atoms with Crippen molar-refractivity contribution < 1.29 is 14.7 Å². The summed E-state index contributed by atoms with van der Waals surface area (Å²) >= 11 is 1.36. The van der Waals surface area contributed by atoms with Crippen LogP contribution < -0.4 is 5.73 Å². The Morgan fingerprint density at radius 1 is 1.67 bits per heavy atom. The summed E-state index contributed by atoms with van der Waals surface area (Å²) in [7, 11) is 0. The number of likely N-dealkylation sites (tertiary alicyclic amines) is 1. The summed E-state index contributed by atoms with van der Waals surface area (Å²) in [6.45, 7) is 2.98. The van der Waals surface area contributed by atoms with Crippen molar-refractivity contribution in [1.29, 1.82) is 0 Å². The number of rotatable bonds is 4. The van der Waals surface area contributed by atoms with E-state index in [1.807, 2.05) is 0 Å². The molecule has 0 spiro atoms. The summed E-state index contributed by atoms with van der Waals surface area (Å²) in [5.41, 5.74) is 5.84. The number of amides is 1. The van der Waals surface area contributed by atoms with E-state index in [0.717, 1.165) is 5.01 Å². The second-order valence-corrected chi connectivity index (χ2v) is 5.37. The first-order chi connectivity index (χ1) is 8.52. The van der Waals surface area contributed by atoms with Gasteiger partial charge >= 0.3 is 5.97 Å². The van der Waals surface area contributed by atoms with Crippen LogP contribution in [0.3, 0.4) is 0 Å². The van der Waals surface area contributed by atoms with Crippen molar-refractivity contribution in [1.82, 2.24) is 9.88 Å². The highest BCUT2D eigenvalue weighted by Crippen LogP contribution is 2.25. The highest BCUT2D eigenvalue weighted by atomic mass is 32.1. The average Bonchev–Trinajstić information content (AvgIpc) is 2.74. The molecule has 1 aliphatic heterocycles. The van der Waals surface area contributed by atoms with Gasteiger partial charge < -0.3 is 15.7 Å². The van der Waals surface area contributed by atoms with E-state index >= 15 is 0 Å². The van der Waals surface area contributed by atoms with E-state index in [0.29, 0.717) is 25.3 Å². The predicted octanol–water partition coefficient (Wildman–Crippen LogP) is 0.395. The molecule has 2 rings (SSSR count). The van der Waals surface area contributed by atoms with Crippen LogP contribution in [0.1, 0.15) is 22.4 Å². The van der Waals surface area contributed by atoms with Crippen molar-refractivity contribution in [2.24, 2.45) is 17.6 Å². The number of hydrogen-bond acceptors (Lipinski definition) is 5. The highest BCUT2D eigenvalue weighted by molar-refractivity contribution is 7.09. The number of aliphatic carboxylic acids is 1. The summed E-state index contributed by atoms with van der Waals surface area (Å²) in [4.78, 5) is 28.5. The molecule has 1 saturated heterocycles. The smallest absolute Gasteiger partial charge is 0.306 e. The van der Waals surface area contributed by atoms with Crippen LogP contribution >= 0.6 is 11.3 Å². The molecule has 0 aromatic carbocycles. The van der Waals surface area contributed by atoms with Crippen LogP contribution in [0.4, 0.5) is 0 Å². The molecule has 1 amide bonds. The van der Waals surface area contributed by atoms with Crippen molar-refractivity contribution in [3.63, 3.8) is 0 Å². The zero-order chi connectivity index (χ0) is 13.3. The molecule has 18 heavy (non-hydrogen) atoms. The Labute approximate surface area is 108 Å². The number of carboxylic acids is 1. The molecule has 7 heteroatoms. The summed E-state index contributed by atoms with van der Waals surface area (Å²) in [5, 5.41) is 11.3. The zero-order valence-electron chi connectivity index (χ0n) is 10.00. The fourth-order valence-corrected chi connectivity index (χ4v) is 2.51. The number of aromatic nitrogens is 1. The summed E-state index contributed by atoms with van der Waals surface area (Å²) < 4.78 is 0. The van der Waals surface area contributed by atoms with Gasteiger partial charge in [0.2, 0.25) is 0 Å². The van der Waals surface area contributed by atoms with Gasteiger partial charge in [-0.25, -0.2) is 4.98 Å². The average molecular weight is 269 g/mol. The van der Waals surface area contributed by atoms with Crippen LogP contribution in [0.15, 0.2) is 5.38 Å². The van der Waals surface area contributed by atoms with Crippen LogP contribution in [-0.4, -0.2) is 40.0 Å². The molecular weight excluding hydrogens is 254 g/mol. The van der Waals surface area contributed by atoms with E-state index < -0.39 is 11.9 Å². The molecule has 6 nitrogen and oxygen atoms in total. The van der Waals surface area contributed by atoms with Crippen molar-refractivity contribution in [3.8, 4) is 0 Å². The van der Waals surface area contributed by atoms with Crippen molar-refractivity contribution in [3.05, 3.63) is 16.1 Å². The molecule has 1 atom stereocenters. The largest absolute Gasteiger partial charge is 0.481 e. The van der Waals surface area contributed by atoms with E-state index in [9.17, 15) is 9.59 Å². The molecule has 1 unspecified atom stereocenters. The first-order valence-corrected chi connectivity index (χ1v) is 6.57. The van der Waals surface area contributed by atoms with E-state index in [-0.39, 0.29) is 11.8 Å². The molecule has 1 aromatic rings. The lowest BCUT2D eigenvalue weighted by atomic mass is 9.87. The maximum absolute atomic E-state index is 12.0. The standard InChI is InChI=1S/C11H15N3O3S/c1-6(11(16)17)7-3-14(4-7)10(15)8-5-18-9(2-12)13-8/h5-7H,2-4,12H2,1H3,(H,16,17). The van der Waals surface area contributed by atoms with Crippen LogP contribution in [-0.2, 0) is 11.3 Å². The van der Waals surface area contributed by atoms with Gasteiger partial charge in [-0.1, -0.05) is 6.92 Å². The van der Waals surface area contributed by atoms with Crippen molar-refractivity contribution in [2.45, 2.75) is 13.5 Å². The minimum atomic E-state index is -0.814. The number of carbonyl (C=O) groups excluding carboxylic acids is 1. The molecule has 0 aliphatic carbocycles. The van der Waals surface area contributed by atoms with E-state index in [1.165, 1.54) is 11.3 Å². The van der Waals surface area contributed by atoms with Crippen LogP contribution in [0.5, 0.6) is 0 Å². The summed E-state index contributed by atoms with van der Waals surface area (Å²) in [6.07, 6.45) is 0. The Bertz CT molecular complexity index is 468. The normalized spacial score (nSPS) is 17.3. The van der Waals surface area contributed by atoms with Crippen molar-refractivity contribution in [2.75, 3.05) is 13.1 Å². The van der Waals surface area contributed by atoms with Gasteiger partial charge in [0.25, 0.3) is 5.91 Å². The Hall–Kier alpha value is -1.47. The zero-order valence-corrected chi connectivity index (χ0v) is 10.8. The summed E-state index contributed by atoms with van der Waals surface area (Å²) in [6, 6.07) is 0. The van der Waals surface area contributed by atoms with E-state index in [1.54, 1.807) is 17.2 Å². The number of nitrogens with zero attached hydrogens (tertiary/aromatic N) is 2. The fourth-order valence-electron chi connectivity index (χ4n) is 1.86. The quantitative estimate of drug-likeness (QED) is 0.824. The first-order valence-electron chi connectivity index (χ1n) is 5.69. The van der Waals surface area contributed by atoms with Gasteiger partial charge in [-0.3, -0.25) is 9.59 Å². The topological polar surface area (TPSA) is 96.5 Å². The Kier molecular flexibility index (Phi) is 3.63. The molecule has 0 radical (unpaired) electrons. The number of carbonyl (C=O) groups is 2. The van der Waals surface area contributed by atoms with Gasteiger partial charge in [-0.05, 0) is 0 Å². The second kappa shape index (κ2) is 5.03. The number of nitrogens with two attached hydrogens (primary N) is 1. The third-order valence-corrected chi connectivity index (χ3v) is 4.11. The minimum Gasteiger partial charge on any atom is -0.481 e. The van der Waals surface area contributed by atoms with Crippen LogP contribution in [0.2, 0.25) is 0 Å².